The molecule has 0 saturated carbocycles. The molecule has 0 unspecified atom stereocenters. The SMILES string of the molecule is NC(=S)CC(=O)NCCn1cccn1. The van der Waals surface area contributed by atoms with Crippen LogP contribution in [-0.4, -0.2) is 27.2 Å². The summed E-state index contributed by atoms with van der Waals surface area (Å²) in [6.07, 6.45) is 3.63. The maximum Gasteiger partial charge on any atom is 0.226 e. The van der Waals surface area contributed by atoms with E-state index in [1.165, 1.54) is 0 Å². The van der Waals surface area contributed by atoms with E-state index < -0.39 is 0 Å². The fourth-order valence-electron chi connectivity index (χ4n) is 0.963. The lowest BCUT2D eigenvalue weighted by atomic mass is 10.4. The summed E-state index contributed by atoms with van der Waals surface area (Å²) in [6.45, 7) is 1.18. The molecule has 1 heterocycles. The molecule has 0 aliphatic heterocycles. The second kappa shape index (κ2) is 5.33. The van der Waals surface area contributed by atoms with Crippen molar-refractivity contribution >= 4 is 23.1 Å². The summed E-state index contributed by atoms with van der Waals surface area (Å²) in [5, 5.41) is 6.67. The second-order valence-corrected chi connectivity index (χ2v) is 3.29. The third-order valence-electron chi connectivity index (χ3n) is 1.56. The first-order valence-electron chi connectivity index (χ1n) is 4.21. The van der Waals surface area contributed by atoms with E-state index in [1.54, 1.807) is 10.9 Å². The molecule has 0 saturated heterocycles. The largest absolute Gasteiger partial charge is 0.393 e. The van der Waals surface area contributed by atoms with E-state index in [4.69, 9.17) is 5.73 Å². The van der Waals surface area contributed by atoms with Gasteiger partial charge >= 0.3 is 0 Å². The number of nitrogens with one attached hydrogen (secondary N) is 1. The Hall–Kier alpha value is -1.43. The molecule has 0 aromatic carbocycles. The van der Waals surface area contributed by atoms with E-state index in [0.717, 1.165) is 0 Å². The Labute approximate surface area is 87.3 Å². The van der Waals surface area contributed by atoms with Crippen molar-refractivity contribution in [2.75, 3.05) is 6.54 Å². The van der Waals surface area contributed by atoms with Crippen LogP contribution in [0.4, 0.5) is 0 Å². The highest BCUT2D eigenvalue weighted by Gasteiger charge is 2.01. The zero-order chi connectivity index (χ0) is 10.4. The highest BCUT2D eigenvalue weighted by Crippen LogP contribution is 1.84. The van der Waals surface area contributed by atoms with Crippen LogP contribution in [0.15, 0.2) is 18.5 Å². The maximum absolute atomic E-state index is 11.1. The van der Waals surface area contributed by atoms with Crippen LogP contribution in [0.25, 0.3) is 0 Å². The van der Waals surface area contributed by atoms with Crippen LogP contribution in [0.5, 0.6) is 0 Å². The van der Waals surface area contributed by atoms with Crippen molar-refractivity contribution in [2.45, 2.75) is 13.0 Å². The lowest BCUT2D eigenvalue weighted by Crippen LogP contribution is -2.30. The quantitative estimate of drug-likeness (QED) is 0.656. The fraction of sp³-hybridized carbons (Fsp3) is 0.375. The number of nitrogens with two attached hydrogens (primary N) is 1. The number of carbonyl (C=O) groups excluding carboxylic acids is 1. The van der Waals surface area contributed by atoms with Gasteiger partial charge in [0.05, 0.1) is 18.0 Å². The summed E-state index contributed by atoms with van der Waals surface area (Å²) in [6, 6.07) is 1.83. The minimum atomic E-state index is -0.148. The Bertz CT molecular complexity index is 309. The number of hydrogen-bond donors (Lipinski definition) is 2. The standard InChI is InChI=1S/C8H12N4OS/c9-7(14)6-8(13)10-3-5-12-4-1-2-11-12/h1-2,4H,3,5-6H2,(H2,9,14)(H,10,13). The molecule has 76 valence electrons. The van der Waals surface area contributed by atoms with Gasteiger partial charge < -0.3 is 11.1 Å². The topological polar surface area (TPSA) is 72.9 Å². The van der Waals surface area contributed by atoms with Crippen LogP contribution in [-0.2, 0) is 11.3 Å². The molecule has 0 fully saturated rings. The predicted octanol–water partition coefficient (Wildman–Crippen LogP) is -0.325. The number of carbonyl (C=O) groups is 1. The molecule has 14 heavy (non-hydrogen) atoms. The molecular weight excluding hydrogens is 200 g/mol. The zero-order valence-electron chi connectivity index (χ0n) is 7.64. The molecule has 5 nitrogen and oxygen atoms in total. The molecule has 3 N–H and O–H groups in total. The molecule has 1 aromatic heterocycles. The van der Waals surface area contributed by atoms with Crippen LogP contribution in [0, 0.1) is 0 Å². The van der Waals surface area contributed by atoms with Crippen LogP contribution >= 0.6 is 12.2 Å². The molecule has 0 spiro atoms. The van der Waals surface area contributed by atoms with Crippen LogP contribution in [0.3, 0.4) is 0 Å². The van der Waals surface area contributed by atoms with Gasteiger partial charge in [-0.25, -0.2) is 0 Å². The molecule has 0 atom stereocenters. The van der Waals surface area contributed by atoms with Crippen molar-refractivity contribution in [3.8, 4) is 0 Å². The van der Waals surface area contributed by atoms with E-state index in [2.05, 4.69) is 22.6 Å². The molecule has 1 aromatic rings. The normalized spacial score (nSPS) is 9.71. The van der Waals surface area contributed by atoms with Crippen molar-refractivity contribution in [1.82, 2.24) is 15.1 Å². The van der Waals surface area contributed by atoms with Crippen LogP contribution in [0.2, 0.25) is 0 Å². The maximum atomic E-state index is 11.1. The van der Waals surface area contributed by atoms with Crippen molar-refractivity contribution in [3.05, 3.63) is 18.5 Å². The van der Waals surface area contributed by atoms with Gasteiger partial charge in [-0.1, -0.05) is 12.2 Å². The van der Waals surface area contributed by atoms with Gasteiger partial charge in [-0.3, -0.25) is 9.48 Å². The first-order chi connectivity index (χ1) is 6.68. The van der Waals surface area contributed by atoms with Crippen molar-refractivity contribution in [2.24, 2.45) is 5.73 Å². The van der Waals surface area contributed by atoms with Crippen molar-refractivity contribution in [1.29, 1.82) is 0 Å². The summed E-state index contributed by atoms with van der Waals surface area (Å²) >= 11 is 4.60. The number of thiocarbonyl (C=S) groups is 1. The van der Waals surface area contributed by atoms with Crippen LogP contribution in [0.1, 0.15) is 6.42 Å². The lowest BCUT2D eigenvalue weighted by molar-refractivity contribution is -0.119. The Morgan fingerprint density at radius 1 is 1.64 bits per heavy atom. The average Bonchev–Trinajstić information content (AvgIpc) is 2.55. The molecule has 6 heteroatoms. The monoisotopic (exact) mass is 212 g/mol. The van der Waals surface area contributed by atoms with Gasteiger partial charge in [-0.15, -0.1) is 0 Å². The number of aromatic nitrogens is 2. The molecular formula is C8H12N4OS. The summed E-state index contributed by atoms with van der Waals surface area (Å²) in [4.78, 5) is 11.3. The van der Waals surface area contributed by atoms with Gasteiger partial charge in [0.15, 0.2) is 0 Å². The highest BCUT2D eigenvalue weighted by atomic mass is 32.1. The van der Waals surface area contributed by atoms with E-state index >= 15 is 0 Å². The third-order valence-corrected chi connectivity index (χ3v) is 1.70. The Balaban J connectivity index is 2.15. The smallest absolute Gasteiger partial charge is 0.226 e. The van der Waals surface area contributed by atoms with Crippen molar-refractivity contribution < 1.29 is 4.79 Å². The minimum absolute atomic E-state index is 0.106. The summed E-state index contributed by atoms with van der Waals surface area (Å²) in [5.74, 6) is -0.148. The molecule has 1 amide bonds. The molecule has 1 rings (SSSR count). The van der Waals surface area contributed by atoms with Gasteiger partial charge in [0.2, 0.25) is 5.91 Å². The first-order valence-corrected chi connectivity index (χ1v) is 4.62. The average molecular weight is 212 g/mol. The second-order valence-electron chi connectivity index (χ2n) is 2.76. The molecule has 0 aliphatic rings. The Morgan fingerprint density at radius 3 is 3.00 bits per heavy atom. The van der Waals surface area contributed by atoms with Gasteiger partial charge in [0.25, 0.3) is 0 Å². The minimum Gasteiger partial charge on any atom is -0.393 e. The Morgan fingerprint density at radius 2 is 2.43 bits per heavy atom. The molecule has 0 radical (unpaired) electrons. The number of amides is 1. The van der Waals surface area contributed by atoms with Gasteiger partial charge in [0.1, 0.15) is 0 Å². The Kier molecular flexibility index (Phi) is 4.06. The van der Waals surface area contributed by atoms with Gasteiger partial charge in [-0.05, 0) is 6.07 Å². The summed E-state index contributed by atoms with van der Waals surface area (Å²) < 4.78 is 1.74. The fourth-order valence-corrected chi connectivity index (χ4v) is 1.09. The third kappa shape index (κ3) is 3.99. The van der Waals surface area contributed by atoms with Gasteiger partial charge in [0, 0.05) is 18.9 Å². The van der Waals surface area contributed by atoms with E-state index in [1.807, 2.05) is 12.3 Å². The zero-order valence-corrected chi connectivity index (χ0v) is 8.46. The summed E-state index contributed by atoms with van der Waals surface area (Å²) in [5.41, 5.74) is 5.21. The summed E-state index contributed by atoms with van der Waals surface area (Å²) in [7, 11) is 0. The van der Waals surface area contributed by atoms with E-state index in [0.29, 0.717) is 13.1 Å². The first kappa shape index (κ1) is 10.6. The predicted molar refractivity (Wildman–Crippen MR) is 56.6 cm³/mol. The van der Waals surface area contributed by atoms with Crippen LogP contribution < -0.4 is 11.1 Å². The lowest BCUT2D eigenvalue weighted by Gasteiger charge is -2.04. The van der Waals surface area contributed by atoms with E-state index in [9.17, 15) is 4.79 Å². The van der Waals surface area contributed by atoms with E-state index in [-0.39, 0.29) is 17.3 Å². The molecule has 0 aliphatic carbocycles. The molecule has 0 bridgehead atoms. The number of rotatable bonds is 5. The highest BCUT2D eigenvalue weighted by molar-refractivity contribution is 7.80. The van der Waals surface area contributed by atoms with Crippen molar-refractivity contribution in [3.63, 3.8) is 0 Å². The number of hydrogen-bond acceptors (Lipinski definition) is 3. The van der Waals surface area contributed by atoms with Gasteiger partial charge in [-0.2, -0.15) is 5.10 Å². The number of nitrogens with zero attached hydrogens (tertiary/aromatic N) is 2.